The van der Waals surface area contributed by atoms with Crippen molar-refractivity contribution in [2.75, 3.05) is 32.8 Å². The van der Waals surface area contributed by atoms with Gasteiger partial charge in [-0.2, -0.15) is 5.26 Å². The van der Waals surface area contributed by atoms with Crippen molar-refractivity contribution < 1.29 is 14.3 Å². The molecule has 1 aliphatic rings. The Kier molecular flexibility index (Phi) is 5.98. The number of carbonyl (C=O) groups is 2. The highest BCUT2D eigenvalue weighted by Crippen LogP contribution is 2.12. The molecule has 0 radical (unpaired) electrons. The van der Waals surface area contributed by atoms with Crippen molar-refractivity contribution >= 4 is 11.8 Å². The minimum Gasteiger partial charge on any atom is -0.484 e. The fourth-order valence-electron chi connectivity index (χ4n) is 2.47. The van der Waals surface area contributed by atoms with E-state index in [9.17, 15) is 9.59 Å². The van der Waals surface area contributed by atoms with E-state index in [-0.39, 0.29) is 24.8 Å². The maximum absolute atomic E-state index is 12.2. The standard InChI is InChI=1S/C17H21N3O3/c1-14-3-5-15(6-4-14)23-13-17(22)20-10-2-9-19(11-12-20)16(21)7-8-18/h3-6H,2,7,9-13H2,1H3. The third-order valence-electron chi connectivity index (χ3n) is 3.81. The van der Waals surface area contributed by atoms with Gasteiger partial charge >= 0.3 is 0 Å². The van der Waals surface area contributed by atoms with Crippen LogP contribution in [0.2, 0.25) is 0 Å². The van der Waals surface area contributed by atoms with Gasteiger partial charge in [-0.15, -0.1) is 0 Å². The molecule has 1 aromatic rings. The topological polar surface area (TPSA) is 73.6 Å². The predicted molar refractivity (Wildman–Crippen MR) is 84.7 cm³/mol. The average Bonchev–Trinajstić information content (AvgIpc) is 2.80. The molecular formula is C17H21N3O3. The van der Waals surface area contributed by atoms with Crippen molar-refractivity contribution in [2.45, 2.75) is 19.8 Å². The molecule has 122 valence electrons. The number of aryl methyl sites for hydroxylation is 1. The van der Waals surface area contributed by atoms with E-state index in [1.54, 1.807) is 9.80 Å². The first kappa shape index (κ1) is 16.8. The SMILES string of the molecule is Cc1ccc(OCC(=O)N2CCCN(C(=O)CC#N)CC2)cc1. The van der Waals surface area contributed by atoms with Crippen LogP contribution in [0.15, 0.2) is 24.3 Å². The lowest BCUT2D eigenvalue weighted by atomic mass is 10.2. The van der Waals surface area contributed by atoms with Gasteiger partial charge in [0, 0.05) is 26.2 Å². The van der Waals surface area contributed by atoms with Crippen molar-refractivity contribution in [1.29, 1.82) is 5.26 Å². The summed E-state index contributed by atoms with van der Waals surface area (Å²) in [4.78, 5) is 27.3. The molecule has 1 aliphatic heterocycles. The lowest BCUT2D eigenvalue weighted by Crippen LogP contribution is -2.39. The van der Waals surface area contributed by atoms with Crippen LogP contribution in [-0.4, -0.2) is 54.4 Å². The van der Waals surface area contributed by atoms with Gasteiger partial charge in [0.15, 0.2) is 6.61 Å². The van der Waals surface area contributed by atoms with Gasteiger partial charge in [0.1, 0.15) is 12.2 Å². The monoisotopic (exact) mass is 315 g/mol. The zero-order valence-corrected chi connectivity index (χ0v) is 13.3. The molecule has 0 saturated carbocycles. The number of hydrogen-bond donors (Lipinski definition) is 0. The van der Waals surface area contributed by atoms with Gasteiger partial charge in [0.25, 0.3) is 5.91 Å². The Morgan fingerprint density at radius 3 is 2.30 bits per heavy atom. The number of benzene rings is 1. The van der Waals surface area contributed by atoms with Crippen LogP contribution in [0.25, 0.3) is 0 Å². The summed E-state index contributed by atoms with van der Waals surface area (Å²) >= 11 is 0. The fraction of sp³-hybridized carbons (Fsp3) is 0.471. The van der Waals surface area contributed by atoms with Crippen LogP contribution in [0.3, 0.4) is 0 Å². The highest BCUT2D eigenvalue weighted by Gasteiger charge is 2.21. The number of ether oxygens (including phenoxy) is 1. The first-order valence-corrected chi connectivity index (χ1v) is 7.72. The molecule has 1 heterocycles. The van der Waals surface area contributed by atoms with Crippen LogP contribution in [0.5, 0.6) is 5.75 Å². The van der Waals surface area contributed by atoms with Crippen molar-refractivity contribution in [3.05, 3.63) is 29.8 Å². The number of rotatable bonds is 4. The van der Waals surface area contributed by atoms with E-state index in [2.05, 4.69) is 0 Å². The Bertz CT molecular complexity index is 592. The molecule has 0 aliphatic carbocycles. The van der Waals surface area contributed by atoms with Gasteiger partial charge in [-0.3, -0.25) is 9.59 Å². The molecule has 2 rings (SSSR count). The van der Waals surface area contributed by atoms with E-state index in [0.717, 1.165) is 5.56 Å². The van der Waals surface area contributed by atoms with Crippen molar-refractivity contribution in [1.82, 2.24) is 9.80 Å². The molecule has 0 spiro atoms. The van der Waals surface area contributed by atoms with Gasteiger partial charge in [-0.25, -0.2) is 0 Å². The molecule has 6 heteroatoms. The van der Waals surface area contributed by atoms with Crippen LogP contribution < -0.4 is 4.74 Å². The van der Waals surface area contributed by atoms with E-state index in [1.807, 2.05) is 37.3 Å². The maximum Gasteiger partial charge on any atom is 0.260 e. The Labute approximate surface area is 136 Å². The number of nitriles is 1. The molecular weight excluding hydrogens is 294 g/mol. The maximum atomic E-state index is 12.2. The Morgan fingerprint density at radius 1 is 1.09 bits per heavy atom. The highest BCUT2D eigenvalue weighted by molar-refractivity contribution is 5.79. The van der Waals surface area contributed by atoms with Gasteiger partial charge in [-0.05, 0) is 25.5 Å². The minimum atomic E-state index is -0.169. The molecule has 0 atom stereocenters. The summed E-state index contributed by atoms with van der Waals surface area (Å²) < 4.78 is 5.51. The van der Waals surface area contributed by atoms with E-state index in [4.69, 9.17) is 10.00 Å². The van der Waals surface area contributed by atoms with E-state index < -0.39 is 0 Å². The molecule has 0 unspecified atom stereocenters. The largest absolute Gasteiger partial charge is 0.484 e. The quantitative estimate of drug-likeness (QED) is 0.840. The normalized spacial score (nSPS) is 14.8. The highest BCUT2D eigenvalue weighted by atomic mass is 16.5. The number of carbonyl (C=O) groups excluding carboxylic acids is 2. The molecule has 0 N–H and O–H groups in total. The second-order valence-electron chi connectivity index (χ2n) is 5.55. The summed E-state index contributed by atoms with van der Waals surface area (Å²) in [6.45, 7) is 4.13. The zero-order valence-electron chi connectivity index (χ0n) is 13.3. The zero-order chi connectivity index (χ0) is 16.7. The summed E-state index contributed by atoms with van der Waals surface area (Å²) in [5.41, 5.74) is 1.14. The third-order valence-corrected chi connectivity index (χ3v) is 3.81. The Balaban J connectivity index is 1.82. The summed E-state index contributed by atoms with van der Waals surface area (Å²) in [7, 11) is 0. The van der Waals surface area contributed by atoms with E-state index in [1.165, 1.54) is 0 Å². The fourth-order valence-corrected chi connectivity index (χ4v) is 2.47. The first-order valence-electron chi connectivity index (χ1n) is 7.72. The van der Waals surface area contributed by atoms with Crippen molar-refractivity contribution in [3.63, 3.8) is 0 Å². The third kappa shape index (κ3) is 4.99. The Hall–Kier alpha value is -2.55. The smallest absolute Gasteiger partial charge is 0.260 e. The van der Waals surface area contributed by atoms with Crippen LogP contribution in [0, 0.1) is 18.3 Å². The molecule has 1 aromatic carbocycles. The Morgan fingerprint density at radius 2 is 1.70 bits per heavy atom. The second kappa shape index (κ2) is 8.18. The van der Waals surface area contributed by atoms with Crippen LogP contribution in [0.1, 0.15) is 18.4 Å². The molecule has 1 fully saturated rings. The van der Waals surface area contributed by atoms with Gasteiger partial charge in [-0.1, -0.05) is 17.7 Å². The average molecular weight is 315 g/mol. The summed E-state index contributed by atoms with van der Waals surface area (Å²) in [6, 6.07) is 9.42. The molecule has 1 saturated heterocycles. The van der Waals surface area contributed by atoms with E-state index in [0.29, 0.717) is 38.3 Å². The lowest BCUT2D eigenvalue weighted by molar-refractivity contribution is -0.134. The summed E-state index contributed by atoms with van der Waals surface area (Å²) in [5.74, 6) is 0.419. The molecule has 0 bridgehead atoms. The minimum absolute atomic E-state index is 0.00476. The van der Waals surface area contributed by atoms with Crippen LogP contribution in [0.4, 0.5) is 0 Å². The van der Waals surface area contributed by atoms with E-state index >= 15 is 0 Å². The number of hydrogen-bond acceptors (Lipinski definition) is 4. The predicted octanol–water partition coefficient (Wildman–Crippen LogP) is 1.35. The van der Waals surface area contributed by atoms with Gasteiger partial charge in [0.2, 0.25) is 5.91 Å². The van der Waals surface area contributed by atoms with Crippen LogP contribution in [-0.2, 0) is 9.59 Å². The van der Waals surface area contributed by atoms with Gasteiger partial charge in [0.05, 0.1) is 6.07 Å². The lowest BCUT2D eigenvalue weighted by Gasteiger charge is -2.21. The summed E-state index contributed by atoms with van der Waals surface area (Å²) in [6.07, 6.45) is 0.609. The molecule has 2 amide bonds. The number of nitrogens with zero attached hydrogens (tertiary/aromatic N) is 3. The van der Waals surface area contributed by atoms with Crippen molar-refractivity contribution in [2.24, 2.45) is 0 Å². The first-order chi connectivity index (χ1) is 11.1. The molecule has 0 aromatic heterocycles. The number of amides is 2. The molecule has 6 nitrogen and oxygen atoms in total. The second-order valence-corrected chi connectivity index (χ2v) is 5.55. The van der Waals surface area contributed by atoms with Crippen molar-refractivity contribution in [3.8, 4) is 11.8 Å². The molecule has 23 heavy (non-hydrogen) atoms. The van der Waals surface area contributed by atoms with Gasteiger partial charge < -0.3 is 14.5 Å². The van der Waals surface area contributed by atoms with Crippen LogP contribution >= 0.6 is 0 Å². The summed E-state index contributed by atoms with van der Waals surface area (Å²) in [5, 5.41) is 8.59.